The zero-order valence-electron chi connectivity index (χ0n) is 9.61. The van der Waals surface area contributed by atoms with Gasteiger partial charge in [-0.05, 0) is 29.5 Å². The quantitative estimate of drug-likeness (QED) is 0.818. The molecule has 0 unspecified atom stereocenters. The van der Waals surface area contributed by atoms with Crippen molar-refractivity contribution in [3.63, 3.8) is 0 Å². The summed E-state index contributed by atoms with van der Waals surface area (Å²) in [6, 6.07) is 8.57. The van der Waals surface area contributed by atoms with E-state index in [0.29, 0.717) is 6.54 Å². The Kier molecular flexibility index (Phi) is 2.96. The molecule has 0 atom stereocenters. The highest BCUT2D eigenvalue weighted by atomic mass is 15.2. The lowest BCUT2D eigenvalue weighted by molar-refractivity contribution is 0.310. The predicted octanol–water partition coefficient (Wildman–Crippen LogP) is 2.24. The number of rotatable bonds is 3. The summed E-state index contributed by atoms with van der Waals surface area (Å²) in [5.74, 6) is 1.67. The highest BCUT2D eigenvalue weighted by Crippen LogP contribution is 2.29. The van der Waals surface area contributed by atoms with E-state index in [1.807, 2.05) is 0 Å². The third-order valence-corrected chi connectivity index (χ3v) is 3.36. The molecule has 0 aliphatic carbocycles. The second-order valence-corrected chi connectivity index (χ2v) is 4.78. The van der Waals surface area contributed by atoms with Crippen molar-refractivity contribution in [3.05, 3.63) is 29.8 Å². The second-order valence-electron chi connectivity index (χ2n) is 4.78. The van der Waals surface area contributed by atoms with Crippen molar-refractivity contribution in [2.45, 2.75) is 20.4 Å². The molecule has 82 valence electrons. The Hall–Kier alpha value is -1.02. The van der Waals surface area contributed by atoms with Gasteiger partial charge >= 0.3 is 0 Å². The van der Waals surface area contributed by atoms with Gasteiger partial charge in [-0.3, -0.25) is 0 Å². The molecule has 1 aliphatic heterocycles. The van der Waals surface area contributed by atoms with Crippen LogP contribution >= 0.6 is 0 Å². The SMILES string of the molecule is CC(C)C1CN(c2cccc(CN)c2)C1. The molecule has 0 spiro atoms. The highest BCUT2D eigenvalue weighted by Gasteiger charge is 2.28. The first kappa shape index (κ1) is 10.5. The van der Waals surface area contributed by atoms with E-state index in [-0.39, 0.29) is 0 Å². The zero-order chi connectivity index (χ0) is 10.8. The number of benzene rings is 1. The van der Waals surface area contributed by atoms with Crippen LogP contribution in [0.3, 0.4) is 0 Å². The van der Waals surface area contributed by atoms with Gasteiger partial charge in [-0.1, -0.05) is 26.0 Å². The van der Waals surface area contributed by atoms with Crippen LogP contribution in [0, 0.1) is 11.8 Å². The predicted molar refractivity (Wildman–Crippen MR) is 64.9 cm³/mol. The molecule has 1 aliphatic rings. The van der Waals surface area contributed by atoms with E-state index in [4.69, 9.17) is 5.73 Å². The summed E-state index contributed by atoms with van der Waals surface area (Å²) in [6.45, 7) is 7.64. The average Bonchev–Trinajstić information content (AvgIpc) is 2.15. The van der Waals surface area contributed by atoms with Crippen LogP contribution in [0.1, 0.15) is 19.4 Å². The fourth-order valence-corrected chi connectivity index (χ4v) is 2.03. The highest BCUT2D eigenvalue weighted by molar-refractivity contribution is 5.50. The second kappa shape index (κ2) is 4.23. The molecule has 1 aromatic carbocycles. The lowest BCUT2D eigenvalue weighted by Gasteiger charge is -2.43. The first-order valence-electron chi connectivity index (χ1n) is 5.74. The van der Waals surface area contributed by atoms with Gasteiger partial charge in [0.25, 0.3) is 0 Å². The Labute approximate surface area is 92.1 Å². The van der Waals surface area contributed by atoms with Crippen LogP contribution in [-0.2, 0) is 6.54 Å². The van der Waals surface area contributed by atoms with Crippen molar-refractivity contribution < 1.29 is 0 Å². The minimum Gasteiger partial charge on any atom is -0.371 e. The van der Waals surface area contributed by atoms with Crippen LogP contribution in [0.2, 0.25) is 0 Å². The summed E-state index contributed by atoms with van der Waals surface area (Å²) < 4.78 is 0. The average molecular weight is 204 g/mol. The number of hydrogen-bond acceptors (Lipinski definition) is 2. The van der Waals surface area contributed by atoms with Crippen LogP contribution < -0.4 is 10.6 Å². The van der Waals surface area contributed by atoms with Crippen LogP contribution in [0.25, 0.3) is 0 Å². The maximum absolute atomic E-state index is 5.64. The van der Waals surface area contributed by atoms with E-state index in [1.54, 1.807) is 0 Å². The van der Waals surface area contributed by atoms with Gasteiger partial charge in [-0.25, -0.2) is 0 Å². The van der Waals surface area contributed by atoms with Crippen LogP contribution in [-0.4, -0.2) is 13.1 Å². The van der Waals surface area contributed by atoms with Gasteiger partial charge in [0, 0.05) is 25.3 Å². The van der Waals surface area contributed by atoms with Gasteiger partial charge in [0.15, 0.2) is 0 Å². The van der Waals surface area contributed by atoms with Crippen LogP contribution in [0.5, 0.6) is 0 Å². The van der Waals surface area contributed by atoms with E-state index >= 15 is 0 Å². The van der Waals surface area contributed by atoms with E-state index in [9.17, 15) is 0 Å². The molecule has 1 fully saturated rings. The van der Waals surface area contributed by atoms with E-state index in [1.165, 1.54) is 24.3 Å². The fraction of sp³-hybridized carbons (Fsp3) is 0.538. The number of anilines is 1. The summed E-state index contributed by atoms with van der Waals surface area (Å²) in [7, 11) is 0. The first-order chi connectivity index (χ1) is 7.20. The van der Waals surface area contributed by atoms with Crippen molar-refractivity contribution in [1.82, 2.24) is 0 Å². The molecular weight excluding hydrogens is 184 g/mol. The number of nitrogens with zero attached hydrogens (tertiary/aromatic N) is 1. The van der Waals surface area contributed by atoms with Gasteiger partial charge in [-0.15, -0.1) is 0 Å². The molecule has 0 aromatic heterocycles. The molecule has 2 N–H and O–H groups in total. The molecule has 1 saturated heterocycles. The van der Waals surface area contributed by atoms with Crippen molar-refractivity contribution in [3.8, 4) is 0 Å². The minimum atomic E-state index is 0.634. The molecular formula is C13H20N2. The van der Waals surface area contributed by atoms with E-state index in [2.05, 4.69) is 43.0 Å². The summed E-state index contributed by atoms with van der Waals surface area (Å²) in [6.07, 6.45) is 0. The third-order valence-electron chi connectivity index (χ3n) is 3.36. The number of hydrogen-bond donors (Lipinski definition) is 1. The summed E-state index contributed by atoms with van der Waals surface area (Å²) in [4.78, 5) is 2.43. The van der Waals surface area contributed by atoms with E-state index < -0.39 is 0 Å². The third kappa shape index (κ3) is 2.15. The van der Waals surface area contributed by atoms with Crippen molar-refractivity contribution >= 4 is 5.69 Å². The molecule has 1 heterocycles. The fourth-order valence-electron chi connectivity index (χ4n) is 2.03. The van der Waals surface area contributed by atoms with Gasteiger partial charge < -0.3 is 10.6 Å². The molecule has 15 heavy (non-hydrogen) atoms. The van der Waals surface area contributed by atoms with Crippen molar-refractivity contribution in [2.24, 2.45) is 17.6 Å². The van der Waals surface area contributed by atoms with Gasteiger partial charge in [0.2, 0.25) is 0 Å². The molecule has 0 amide bonds. The summed E-state index contributed by atoms with van der Waals surface area (Å²) in [5, 5.41) is 0. The monoisotopic (exact) mass is 204 g/mol. The molecule has 0 bridgehead atoms. The van der Waals surface area contributed by atoms with Crippen LogP contribution in [0.4, 0.5) is 5.69 Å². The zero-order valence-corrected chi connectivity index (χ0v) is 9.61. The Morgan fingerprint density at radius 2 is 2.13 bits per heavy atom. The summed E-state index contributed by atoms with van der Waals surface area (Å²) in [5.41, 5.74) is 8.19. The van der Waals surface area contributed by atoms with Crippen molar-refractivity contribution in [1.29, 1.82) is 0 Å². The van der Waals surface area contributed by atoms with Gasteiger partial charge in [0.05, 0.1) is 0 Å². The maximum Gasteiger partial charge on any atom is 0.0369 e. The molecule has 2 nitrogen and oxygen atoms in total. The first-order valence-corrected chi connectivity index (χ1v) is 5.74. The molecule has 2 rings (SSSR count). The molecule has 0 radical (unpaired) electrons. The Morgan fingerprint density at radius 3 is 2.73 bits per heavy atom. The Balaban J connectivity index is 2.00. The van der Waals surface area contributed by atoms with Gasteiger partial charge in [0.1, 0.15) is 0 Å². The summed E-state index contributed by atoms with van der Waals surface area (Å²) >= 11 is 0. The molecule has 1 aromatic rings. The lowest BCUT2D eigenvalue weighted by atomic mass is 9.88. The molecule has 0 saturated carbocycles. The lowest BCUT2D eigenvalue weighted by Crippen LogP contribution is -2.49. The topological polar surface area (TPSA) is 29.3 Å². The molecule has 2 heteroatoms. The maximum atomic E-state index is 5.64. The van der Waals surface area contributed by atoms with Gasteiger partial charge in [-0.2, -0.15) is 0 Å². The number of nitrogens with two attached hydrogens (primary N) is 1. The van der Waals surface area contributed by atoms with Crippen LogP contribution in [0.15, 0.2) is 24.3 Å². The smallest absolute Gasteiger partial charge is 0.0369 e. The standard InChI is InChI=1S/C13H20N2/c1-10(2)12-8-15(9-12)13-5-3-4-11(6-13)7-14/h3-6,10,12H,7-9,14H2,1-2H3. The Bertz CT molecular complexity index is 327. The Morgan fingerprint density at radius 1 is 1.40 bits per heavy atom. The largest absolute Gasteiger partial charge is 0.371 e. The van der Waals surface area contributed by atoms with E-state index in [0.717, 1.165) is 11.8 Å². The normalized spacial score (nSPS) is 16.9. The van der Waals surface area contributed by atoms with Crippen molar-refractivity contribution in [2.75, 3.05) is 18.0 Å². The minimum absolute atomic E-state index is 0.634.